The Balaban J connectivity index is 2.91. The molecule has 0 aliphatic rings. The van der Waals surface area contributed by atoms with Gasteiger partial charge in [-0.05, 0) is 31.5 Å². The van der Waals surface area contributed by atoms with Crippen molar-refractivity contribution >= 4 is 17.2 Å². The lowest BCUT2D eigenvalue weighted by atomic mass is 10.2. The Morgan fingerprint density at radius 2 is 2.10 bits per heavy atom. The van der Waals surface area contributed by atoms with Crippen molar-refractivity contribution < 1.29 is 4.79 Å². The van der Waals surface area contributed by atoms with Crippen LogP contribution in [-0.2, 0) is 0 Å². The molecule has 0 spiro atoms. The summed E-state index contributed by atoms with van der Waals surface area (Å²) in [4.78, 5) is 17.5. The number of thiophene rings is 1. The Morgan fingerprint density at radius 3 is 2.67 bits per heavy atom. The molecular weight excluding hydrogens is 282 g/mol. The fraction of sp³-hybridized carbons (Fsp3) is 0.562. The summed E-state index contributed by atoms with van der Waals surface area (Å²) in [6.45, 7) is 6.90. The zero-order chi connectivity index (χ0) is 15.8. The van der Waals surface area contributed by atoms with Crippen LogP contribution >= 0.6 is 11.3 Å². The van der Waals surface area contributed by atoms with Gasteiger partial charge >= 0.3 is 0 Å². The van der Waals surface area contributed by atoms with Gasteiger partial charge in [-0.3, -0.25) is 4.79 Å². The highest BCUT2D eigenvalue weighted by Gasteiger charge is 2.20. The number of amides is 1. The van der Waals surface area contributed by atoms with E-state index in [0.717, 1.165) is 30.1 Å². The summed E-state index contributed by atoms with van der Waals surface area (Å²) < 4.78 is 0. The van der Waals surface area contributed by atoms with Crippen molar-refractivity contribution in [3.05, 3.63) is 21.9 Å². The van der Waals surface area contributed by atoms with Crippen LogP contribution < -0.4 is 5.73 Å². The Labute approximate surface area is 131 Å². The second-order valence-electron chi connectivity index (χ2n) is 5.62. The van der Waals surface area contributed by atoms with Crippen LogP contribution in [-0.4, -0.2) is 56.0 Å². The van der Waals surface area contributed by atoms with Gasteiger partial charge in [0, 0.05) is 25.2 Å². The van der Waals surface area contributed by atoms with Crippen LogP contribution in [0.1, 0.15) is 29.1 Å². The summed E-state index contributed by atoms with van der Waals surface area (Å²) in [7, 11) is 4.03. The molecule has 116 valence electrons. The molecule has 1 heterocycles. The number of carbonyl (C=O) groups is 1. The predicted molar refractivity (Wildman–Crippen MR) is 89.5 cm³/mol. The zero-order valence-corrected chi connectivity index (χ0v) is 14.2. The molecule has 0 aromatic carbocycles. The second-order valence-corrected chi connectivity index (χ2v) is 6.53. The highest BCUT2D eigenvalue weighted by atomic mass is 32.1. The van der Waals surface area contributed by atoms with E-state index in [1.165, 1.54) is 11.3 Å². The molecule has 0 unspecified atom stereocenters. The van der Waals surface area contributed by atoms with Crippen LogP contribution in [0.4, 0.5) is 0 Å². The first-order chi connectivity index (χ1) is 9.95. The van der Waals surface area contributed by atoms with Crippen LogP contribution in [0.3, 0.4) is 0 Å². The molecule has 4 nitrogen and oxygen atoms in total. The average Bonchev–Trinajstić information content (AvgIpc) is 2.88. The lowest BCUT2D eigenvalue weighted by Crippen LogP contribution is -2.38. The van der Waals surface area contributed by atoms with Gasteiger partial charge in [-0.25, -0.2) is 0 Å². The van der Waals surface area contributed by atoms with Crippen molar-refractivity contribution in [1.82, 2.24) is 9.80 Å². The Morgan fingerprint density at radius 1 is 1.38 bits per heavy atom. The van der Waals surface area contributed by atoms with Gasteiger partial charge in [0.2, 0.25) is 0 Å². The number of nitrogens with two attached hydrogens (primary N) is 1. The van der Waals surface area contributed by atoms with Gasteiger partial charge in [0.25, 0.3) is 5.91 Å². The van der Waals surface area contributed by atoms with E-state index in [2.05, 4.69) is 30.6 Å². The van der Waals surface area contributed by atoms with Gasteiger partial charge in [0.1, 0.15) is 4.88 Å². The third-order valence-corrected chi connectivity index (χ3v) is 3.78. The number of carbonyl (C=O) groups excluding carboxylic acids is 1. The molecule has 5 heteroatoms. The molecule has 0 aliphatic carbocycles. The van der Waals surface area contributed by atoms with E-state index < -0.39 is 0 Å². The van der Waals surface area contributed by atoms with E-state index in [-0.39, 0.29) is 5.91 Å². The molecule has 1 amide bonds. The molecule has 2 N–H and O–H groups in total. The first kappa shape index (κ1) is 17.7. The van der Waals surface area contributed by atoms with E-state index >= 15 is 0 Å². The van der Waals surface area contributed by atoms with Crippen molar-refractivity contribution in [3.63, 3.8) is 0 Å². The van der Waals surface area contributed by atoms with Crippen molar-refractivity contribution in [2.75, 3.05) is 40.3 Å². The summed E-state index contributed by atoms with van der Waals surface area (Å²) in [6, 6.07) is 1.89. The molecule has 0 bridgehead atoms. The van der Waals surface area contributed by atoms with Crippen LogP contribution in [0.15, 0.2) is 11.4 Å². The molecule has 1 rings (SSSR count). The molecule has 1 aromatic rings. The third-order valence-electron chi connectivity index (χ3n) is 2.87. The molecule has 0 radical (unpaired) electrons. The second kappa shape index (κ2) is 8.83. The van der Waals surface area contributed by atoms with E-state index in [1.54, 1.807) is 0 Å². The van der Waals surface area contributed by atoms with Crippen molar-refractivity contribution in [2.45, 2.75) is 13.8 Å². The summed E-state index contributed by atoms with van der Waals surface area (Å²) in [5.74, 6) is 6.32. The number of likely N-dealkylation sites (N-methyl/N-ethyl adjacent to an activating group) is 1. The lowest BCUT2D eigenvalue weighted by Gasteiger charge is -2.25. The molecule has 0 fully saturated rings. The van der Waals surface area contributed by atoms with Gasteiger partial charge < -0.3 is 15.5 Å². The van der Waals surface area contributed by atoms with Crippen LogP contribution in [0.2, 0.25) is 0 Å². The van der Waals surface area contributed by atoms with E-state index in [0.29, 0.717) is 12.5 Å². The molecule has 0 saturated heterocycles. The topological polar surface area (TPSA) is 49.6 Å². The van der Waals surface area contributed by atoms with Gasteiger partial charge in [-0.15, -0.1) is 11.3 Å². The van der Waals surface area contributed by atoms with Crippen molar-refractivity contribution in [1.29, 1.82) is 0 Å². The van der Waals surface area contributed by atoms with Crippen LogP contribution in [0, 0.1) is 17.8 Å². The summed E-state index contributed by atoms with van der Waals surface area (Å²) in [5.41, 5.74) is 6.19. The molecule has 21 heavy (non-hydrogen) atoms. The van der Waals surface area contributed by atoms with E-state index in [1.807, 2.05) is 30.4 Å². The molecule has 0 saturated carbocycles. The average molecular weight is 307 g/mol. The van der Waals surface area contributed by atoms with Gasteiger partial charge in [-0.2, -0.15) is 0 Å². The first-order valence-corrected chi connectivity index (χ1v) is 8.04. The Hall–Kier alpha value is -1.35. The minimum atomic E-state index is 0.0712. The van der Waals surface area contributed by atoms with Gasteiger partial charge in [0.05, 0.1) is 6.54 Å². The Bertz CT molecular complexity index is 511. The molecule has 0 aliphatic heterocycles. The minimum absolute atomic E-state index is 0.0712. The fourth-order valence-corrected chi connectivity index (χ4v) is 2.72. The highest BCUT2D eigenvalue weighted by molar-refractivity contribution is 7.12. The highest BCUT2D eigenvalue weighted by Crippen LogP contribution is 2.19. The van der Waals surface area contributed by atoms with Gasteiger partial charge in [0.15, 0.2) is 0 Å². The maximum atomic E-state index is 12.8. The van der Waals surface area contributed by atoms with Crippen molar-refractivity contribution in [3.8, 4) is 11.8 Å². The summed E-state index contributed by atoms with van der Waals surface area (Å²) in [5, 5.41) is 1.91. The predicted octanol–water partition coefficient (Wildman–Crippen LogP) is 1.72. The summed E-state index contributed by atoms with van der Waals surface area (Å²) >= 11 is 1.45. The normalized spacial score (nSPS) is 10.6. The maximum Gasteiger partial charge on any atom is 0.265 e. The fourth-order valence-electron chi connectivity index (χ4n) is 1.90. The van der Waals surface area contributed by atoms with Crippen LogP contribution in [0.25, 0.3) is 0 Å². The number of rotatable bonds is 6. The smallest absolute Gasteiger partial charge is 0.265 e. The molecular formula is C16H25N3OS. The number of hydrogen-bond acceptors (Lipinski definition) is 4. The lowest BCUT2D eigenvalue weighted by molar-refractivity contribution is 0.0729. The van der Waals surface area contributed by atoms with Crippen molar-refractivity contribution in [2.24, 2.45) is 11.7 Å². The van der Waals surface area contributed by atoms with E-state index in [4.69, 9.17) is 5.73 Å². The standard InChI is InChI=1S/C16H25N3OS/c1-13(2)12-19(10-9-18(3)4)16(20)15-14(6-5-8-17)7-11-21-15/h7,11,13H,8-10,12,17H2,1-4H3. The first-order valence-electron chi connectivity index (χ1n) is 7.16. The van der Waals surface area contributed by atoms with Gasteiger partial charge in [-0.1, -0.05) is 25.7 Å². The Kier molecular flexibility index (Phi) is 7.44. The zero-order valence-electron chi connectivity index (χ0n) is 13.3. The summed E-state index contributed by atoms with van der Waals surface area (Å²) in [6.07, 6.45) is 0. The minimum Gasteiger partial charge on any atom is -0.336 e. The molecule has 0 atom stereocenters. The number of nitrogens with zero attached hydrogens (tertiary/aromatic N) is 2. The van der Waals surface area contributed by atoms with E-state index in [9.17, 15) is 4.79 Å². The SMILES string of the molecule is CC(C)CN(CCN(C)C)C(=O)c1sccc1C#CCN. The number of hydrogen-bond donors (Lipinski definition) is 1. The third kappa shape index (κ3) is 5.88. The molecule has 1 aromatic heterocycles. The largest absolute Gasteiger partial charge is 0.336 e. The quantitative estimate of drug-likeness (QED) is 0.814. The maximum absolute atomic E-state index is 12.8. The monoisotopic (exact) mass is 307 g/mol. The van der Waals surface area contributed by atoms with Crippen LogP contribution in [0.5, 0.6) is 0 Å².